The summed E-state index contributed by atoms with van der Waals surface area (Å²) in [7, 11) is 1.59. The minimum Gasteiger partial charge on any atom is -0.493 e. The van der Waals surface area contributed by atoms with E-state index in [1.54, 1.807) is 19.4 Å². The Kier molecular flexibility index (Phi) is 4.07. The Morgan fingerprint density at radius 3 is 2.63 bits per heavy atom. The number of anilines is 1. The average Bonchev–Trinajstić information content (AvgIpc) is 2.43. The van der Waals surface area contributed by atoms with E-state index >= 15 is 0 Å². The summed E-state index contributed by atoms with van der Waals surface area (Å²) in [4.78, 5) is 11.6. The molecule has 0 fully saturated rings. The molecule has 0 bridgehead atoms. The molecule has 0 aliphatic rings. The molecule has 1 aromatic heterocycles. The van der Waals surface area contributed by atoms with E-state index in [9.17, 15) is 4.79 Å². The van der Waals surface area contributed by atoms with Crippen molar-refractivity contribution in [2.75, 3.05) is 19.5 Å². The number of methoxy groups -OCH3 is 1. The zero-order chi connectivity index (χ0) is 13.7. The maximum Gasteiger partial charge on any atom is 0.250 e. The summed E-state index contributed by atoms with van der Waals surface area (Å²) >= 11 is 0. The highest BCUT2D eigenvalue weighted by atomic mass is 16.5. The molecule has 5 nitrogen and oxygen atoms in total. The van der Waals surface area contributed by atoms with Crippen LogP contribution in [0, 0.1) is 0 Å². The lowest BCUT2D eigenvalue weighted by atomic mass is 10.3. The molecule has 0 aliphatic carbocycles. The molecule has 19 heavy (non-hydrogen) atoms. The summed E-state index contributed by atoms with van der Waals surface area (Å²) in [5.41, 5.74) is 6.09. The second-order valence-electron chi connectivity index (χ2n) is 3.99. The predicted octanol–water partition coefficient (Wildman–Crippen LogP) is 1.52. The summed E-state index contributed by atoms with van der Waals surface area (Å²) in [6.45, 7) is 0.797. The molecule has 0 radical (unpaired) electrons. The predicted molar refractivity (Wildman–Crippen MR) is 73.6 cm³/mol. The van der Waals surface area contributed by atoms with E-state index in [4.69, 9.17) is 15.2 Å². The van der Waals surface area contributed by atoms with E-state index in [0.29, 0.717) is 30.3 Å². The van der Waals surface area contributed by atoms with Crippen molar-refractivity contribution in [1.82, 2.24) is 4.57 Å². The van der Waals surface area contributed by atoms with Gasteiger partial charge in [0.05, 0.1) is 13.7 Å². The van der Waals surface area contributed by atoms with E-state index in [1.807, 2.05) is 24.3 Å². The van der Waals surface area contributed by atoms with Crippen LogP contribution in [0.1, 0.15) is 0 Å². The molecule has 0 amide bonds. The number of benzene rings is 1. The zero-order valence-electron chi connectivity index (χ0n) is 10.7. The lowest BCUT2D eigenvalue weighted by molar-refractivity contribution is 0.278. The Morgan fingerprint density at radius 1 is 1.16 bits per heavy atom. The number of hydrogen-bond acceptors (Lipinski definition) is 4. The van der Waals surface area contributed by atoms with Crippen LogP contribution in [0.3, 0.4) is 0 Å². The molecule has 2 N–H and O–H groups in total. The summed E-state index contributed by atoms with van der Waals surface area (Å²) < 4.78 is 12.3. The third kappa shape index (κ3) is 3.28. The number of aromatic nitrogens is 1. The van der Waals surface area contributed by atoms with E-state index < -0.39 is 0 Å². The van der Waals surface area contributed by atoms with Crippen molar-refractivity contribution < 1.29 is 9.47 Å². The van der Waals surface area contributed by atoms with Crippen LogP contribution >= 0.6 is 0 Å². The fraction of sp³-hybridized carbons (Fsp3) is 0.214. The maximum atomic E-state index is 11.6. The topological polar surface area (TPSA) is 66.5 Å². The summed E-state index contributed by atoms with van der Waals surface area (Å²) in [5.74, 6) is 1.32. The first kappa shape index (κ1) is 13.0. The number of rotatable bonds is 5. The van der Waals surface area contributed by atoms with Crippen LogP contribution in [0.5, 0.6) is 11.5 Å². The molecule has 2 aromatic rings. The minimum atomic E-state index is -0.0992. The number of nitrogens with two attached hydrogens (primary N) is 1. The zero-order valence-corrected chi connectivity index (χ0v) is 10.7. The largest absolute Gasteiger partial charge is 0.493 e. The van der Waals surface area contributed by atoms with E-state index in [0.717, 1.165) is 0 Å². The summed E-state index contributed by atoms with van der Waals surface area (Å²) in [5, 5.41) is 0. The molecule has 5 heteroatoms. The third-order valence-electron chi connectivity index (χ3n) is 2.67. The van der Waals surface area contributed by atoms with Gasteiger partial charge in [0.1, 0.15) is 6.61 Å². The molecule has 0 unspecified atom stereocenters. The van der Waals surface area contributed by atoms with Crippen molar-refractivity contribution in [2.45, 2.75) is 6.54 Å². The fourth-order valence-electron chi connectivity index (χ4n) is 1.72. The Morgan fingerprint density at radius 2 is 1.89 bits per heavy atom. The molecule has 1 aromatic carbocycles. The Balaban J connectivity index is 2.00. The van der Waals surface area contributed by atoms with Gasteiger partial charge in [-0.2, -0.15) is 0 Å². The average molecular weight is 260 g/mol. The van der Waals surface area contributed by atoms with Gasteiger partial charge in [-0.1, -0.05) is 12.1 Å². The van der Waals surface area contributed by atoms with Gasteiger partial charge in [-0.05, 0) is 18.2 Å². The number of hydrogen-bond donors (Lipinski definition) is 1. The molecule has 1 heterocycles. The number of ether oxygens (including phenoxy) is 2. The third-order valence-corrected chi connectivity index (χ3v) is 2.67. The molecule has 0 atom stereocenters. The monoisotopic (exact) mass is 260 g/mol. The van der Waals surface area contributed by atoms with Gasteiger partial charge in [0.25, 0.3) is 5.56 Å². The Labute approximate surface area is 111 Å². The minimum absolute atomic E-state index is 0.0992. The maximum absolute atomic E-state index is 11.6. The molecule has 100 valence electrons. The molecular formula is C14H16N2O3. The van der Waals surface area contributed by atoms with Crippen LogP contribution in [0.2, 0.25) is 0 Å². The van der Waals surface area contributed by atoms with Crippen LogP contribution < -0.4 is 20.8 Å². The molecular weight excluding hydrogens is 244 g/mol. The van der Waals surface area contributed by atoms with E-state index in [-0.39, 0.29) is 5.56 Å². The molecule has 0 saturated carbocycles. The number of para-hydroxylation sites is 2. The number of nitrogens with zero attached hydrogens (tertiary/aromatic N) is 1. The highest BCUT2D eigenvalue weighted by molar-refractivity contribution is 5.39. The quantitative estimate of drug-likeness (QED) is 0.885. The second-order valence-corrected chi connectivity index (χ2v) is 3.99. The van der Waals surface area contributed by atoms with Crippen molar-refractivity contribution in [2.24, 2.45) is 0 Å². The highest BCUT2D eigenvalue weighted by Crippen LogP contribution is 2.25. The van der Waals surface area contributed by atoms with Crippen LogP contribution in [0.4, 0.5) is 5.69 Å². The van der Waals surface area contributed by atoms with Crippen molar-refractivity contribution in [3.05, 3.63) is 52.9 Å². The van der Waals surface area contributed by atoms with E-state index in [1.165, 1.54) is 10.6 Å². The molecule has 0 spiro atoms. The van der Waals surface area contributed by atoms with Gasteiger partial charge in [0.15, 0.2) is 11.5 Å². The lowest BCUT2D eigenvalue weighted by Gasteiger charge is -2.11. The van der Waals surface area contributed by atoms with Crippen LogP contribution in [0.25, 0.3) is 0 Å². The lowest BCUT2D eigenvalue weighted by Crippen LogP contribution is -2.22. The molecule has 0 aliphatic heterocycles. The van der Waals surface area contributed by atoms with Gasteiger partial charge >= 0.3 is 0 Å². The number of nitrogen functional groups attached to an aromatic ring is 1. The normalized spacial score (nSPS) is 10.2. The number of pyridine rings is 1. The highest BCUT2D eigenvalue weighted by Gasteiger charge is 2.03. The SMILES string of the molecule is COc1ccccc1OCCn1cc(N)ccc1=O. The second kappa shape index (κ2) is 5.95. The molecule has 0 saturated heterocycles. The first-order chi connectivity index (χ1) is 9.20. The molecule has 2 rings (SSSR count). The summed E-state index contributed by atoms with van der Waals surface area (Å²) in [6.07, 6.45) is 1.61. The standard InChI is InChI=1S/C14H16N2O3/c1-18-12-4-2-3-5-13(12)19-9-8-16-10-11(15)6-7-14(16)17/h2-7,10H,8-9,15H2,1H3. The fourth-order valence-corrected chi connectivity index (χ4v) is 1.72. The van der Waals surface area contributed by atoms with Gasteiger partial charge in [0.2, 0.25) is 0 Å². The first-order valence-electron chi connectivity index (χ1n) is 5.92. The first-order valence-corrected chi connectivity index (χ1v) is 5.92. The smallest absolute Gasteiger partial charge is 0.250 e. The van der Waals surface area contributed by atoms with Crippen LogP contribution in [-0.4, -0.2) is 18.3 Å². The Hall–Kier alpha value is -2.43. The van der Waals surface area contributed by atoms with Crippen LogP contribution in [0.15, 0.2) is 47.4 Å². The van der Waals surface area contributed by atoms with Gasteiger partial charge in [-0.3, -0.25) is 4.79 Å². The van der Waals surface area contributed by atoms with Gasteiger partial charge < -0.3 is 19.8 Å². The van der Waals surface area contributed by atoms with Crippen molar-refractivity contribution in [3.63, 3.8) is 0 Å². The van der Waals surface area contributed by atoms with Crippen LogP contribution in [-0.2, 0) is 6.54 Å². The van der Waals surface area contributed by atoms with Crippen molar-refractivity contribution in [1.29, 1.82) is 0 Å². The summed E-state index contributed by atoms with van der Waals surface area (Å²) in [6, 6.07) is 10.4. The van der Waals surface area contributed by atoms with E-state index in [2.05, 4.69) is 0 Å². The van der Waals surface area contributed by atoms with Gasteiger partial charge in [0, 0.05) is 18.0 Å². The van der Waals surface area contributed by atoms with Gasteiger partial charge in [-0.25, -0.2) is 0 Å². The van der Waals surface area contributed by atoms with Crippen molar-refractivity contribution in [3.8, 4) is 11.5 Å². The van der Waals surface area contributed by atoms with Crippen molar-refractivity contribution >= 4 is 5.69 Å². The van der Waals surface area contributed by atoms with Gasteiger partial charge in [-0.15, -0.1) is 0 Å². The Bertz CT molecular complexity index is 608.